The Hall–Kier alpha value is -2.44. The fourth-order valence-electron chi connectivity index (χ4n) is 1.72. The molecule has 2 aromatic carbocycles. The van der Waals surface area contributed by atoms with Crippen LogP contribution in [0.25, 0.3) is 0 Å². The van der Waals surface area contributed by atoms with Crippen LogP contribution >= 0.6 is 23.2 Å². The Morgan fingerprint density at radius 3 is 1.45 bits per heavy atom. The predicted octanol–water partition coefficient (Wildman–Crippen LogP) is 4.81. The second kappa shape index (κ2) is 6.55. The van der Waals surface area contributed by atoms with E-state index in [1.807, 2.05) is 0 Å². The summed E-state index contributed by atoms with van der Waals surface area (Å²) in [6.07, 6.45) is 0. The Morgan fingerprint density at radius 1 is 0.773 bits per heavy atom. The second-order valence-electron chi connectivity index (χ2n) is 4.08. The van der Waals surface area contributed by atoms with Crippen molar-refractivity contribution in [2.24, 2.45) is 10.2 Å². The van der Waals surface area contributed by atoms with Crippen molar-refractivity contribution in [3.63, 3.8) is 0 Å². The van der Waals surface area contributed by atoms with Gasteiger partial charge in [-0.05, 0) is 24.3 Å². The molecular weight excluding hydrogens is 331 g/mol. The van der Waals surface area contributed by atoms with Crippen LogP contribution in [-0.4, -0.2) is 22.2 Å². The molecule has 0 aliphatic rings. The van der Waals surface area contributed by atoms with Crippen molar-refractivity contribution in [3.8, 4) is 0 Å². The van der Waals surface area contributed by atoms with Crippen molar-refractivity contribution in [1.82, 2.24) is 0 Å². The summed E-state index contributed by atoms with van der Waals surface area (Å²) in [5.41, 5.74) is -0.411. The highest BCUT2D eigenvalue weighted by molar-refractivity contribution is 6.34. The lowest BCUT2D eigenvalue weighted by Gasteiger charge is -2.04. The van der Waals surface area contributed by atoms with Crippen LogP contribution < -0.4 is 0 Å². The fourth-order valence-corrected chi connectivity index (χ4v) is 2.22. The van der Waals surface area contributed by atoms with Crippen LogP contribution in [0.5, 0.6) is 0 Å². The Bertz CT molecular complexity index is 725. The van der Waals surface area contributed by atoms with E-state index in [0.717, 1.165) is 0 Å². The number of halogens is 2. The molecule has 22 heavy (non-hydrogen) atoms. The third-order valence-corrected chi connectivity index (χ3v) is 3.31. The maximum atomic E-state index is 11.2. The smallest absolute Gasteiger partial charge is 0.339 e. The molecule has 2 rings (SSSR count). The molecule has 2 aromatic rings. The summed E-state index contributed by atoms with van der Waals surface area (Å²) in [7, 11) is 0. The van der Waals surface area contributed by atoms with Gasteiger partial charge in [-0.1, -0.05) is 35.3 Å². The van der Waals surface area contributed by atoms with Gasteiger partial charge in [-0.15, -0.1) is 10.2 Å². The number of carbonyl (C=O) groups is 2. The first kappa shape index (κ1) is 15.9. The third-order valence-electron chi connectivity index (χ3n) is 2.68. The Labute approximate surface area is 134 Å². The minimum absolute atomic E-state index is 0.00787. The topological polar surface area (TPSA) is 99.3 Å². The number of hydrogen-bond donors (Lipinski definition) is 2. The average Bonchev–Trinajstić information content (AvgIpc) is 2.44. The van der Waals surface area contributed by atoms with Crippen molar-refractivity contribution in [2.45, 2.75) is 0 Å². The number of aromatic carboxylic acids is 2. The lowest BCUT2D eigenvalue weighted by atomic mass is 10.2. The first-order valence-corrected chi connectivity index (χ1v) is 6.62. The van der Waals surface area contributed by atoms with Crippen LogP contribution in [0.3, 0.4) is 0 Å². The zero-order valence-corrected chi connectivity index (χ0v) is 12.3. The van der Waals surface area contributed by atoms with E-state index in [-0.39, 0.29) is 32.5 Å². The molecule has 112 valence electrons. The summed E-state index contributed by atoms with van der Waals surface area (Å²) >= 11 is 11.6. The molecule has 0 fully saturated rings. The van der Waals surface area contributed by atoms with Gasteiger partial charge in [0.15, 0.2) is 0 Å². The van der Waals surface area contributed by atoms with Crippen LogP contribution in [0.4, 0.5) is 11.4 Å². The molecule has 0 bridgehead atoms. The van der Waals surface area contributed by atoms with Crippen molar-refractivity contribution in [1.29, 1.82) is 0 Å². The van der Waals surface area contributed by atoms with Gasteiger partial charge >= 0.3 is 11.9 Å². The van der Waals surface area contributed by atoms with E-state index < -0.39 is 11.9 Å². The number of nitrogens with zero attached hydrogens (tertiary/aromatic N) is 2. The molecule has 0 spiro atoms. The number of benzene rings is 2. The lowest BCUT2D eigenvalue weighted by Crippen LogP contribution is -1.98. The molecule has 0 radical (unpaired) electrons. The largest absolute Gasteiger partial charge is 0.478 e. The van der Waals surface area contributed by atoms with Gasteiger partial charge in [0.25, 0.3) is 0 Å². The molecule has 0 amide bonds. The first-order chi connectivity index (χ1) is 10.4. The SMILES string of the molecule is O=C(O)c1c(Cl)cccc1N=Nc1cccc(Cl)c1C(=O)O. The van der Waals surface area contributed by atoms with Gasteiger partial charge < -0.3 is 10.2 Å². The number of carboxylic acid groups (broad SMARTS) is 2. The highest BCUT2D eigenvalue weighted by Crippen LogP contribution is 2.31. The van der Waals surface area contributed by atoms with Crippen LogP contribution in [0.1, 0.15) is 20.7 Å². The minimum Gasteiger partial charge on any atom is -0.478 e. The first-order valence-electron chi connectivity index (χ1n) is 5.87. The van der Waals surface area contributed by atoms with Gasteiger partial charge in [-0.25, -0.2) is 9.59 Å². The lowest BCUT2D eigenvalue weighted by molar-refractivity contribution is 0.0686. The summed E-state index contributed by atoms with van der Waals surface area (Å²) in [5, 5.41) is 25.8. The van der Waals surface area contributed by atoms with Gasteiger partial charge in [-0.2, -0.15) is 0 Å². The van der Waals surface area contributed by atoms with Gasteiger partial charge in [-0.3, -0.25) is 0 Å². The molecule has 0 saturated carbocycles. The highest BCUT2D eigenvalue weighted by atomic mass is 35.5. The standard InChI is InChI=1S/C14H8Cl2N2O4/c15-7-3-1-5-9(11(7)13(19)20)17-18-10-6-2-4-8(16)12(10)14(21)22/h1-6H,(H,19,20)(H,21,22). The van der Waals surface area contributed by atoms with Crippen LogP contribution in [0.2, 0.25) is 10.0 Å². The van der Waals surface area contributed by atoms with E-state index in [9.17, 15) is 9.59 Å². The molecule has 0 aliphatic heterocycles. The fraction of sp³-hybridized carbons (Fsp3) is 0. The van der Waals surface area contributed by atoms with Crippen LogP contribution in [-0.2, 0) is 0 Å². The van der Waals surface area contributed by atoms with E-state index >= 15 is 0 Å². The zero-order valence-electron chi connectivity index (χ0n) is 10.8. The average molecular weight is 339 g/mol. The van der Waals surface area contributed by atoms with E-state index in [2.05, 4.69) is 10.2 Å². The molecular formula is C14H8Cl2N2O4. The summed E-state index contributed by atoms with van der Waals surface area (Å²) < 4.78 is 0. The molecule has 0 atom stereocenters. The Kier molecular flexibility index (Phi) is 4.75. The van der Waals surface area contributed by atoms with Gasteiger partial charge in [0, 0.05) is 0 Å². The summed E-state index contributed by atoms with van der Waals surface area (Å²) in [4.78, 5) is 22.4. The summed E-state index contributed by atoms with van der Waals surface area (Å²) in [5.74, 6) is -2.52. The van der Waals surface area contributed by atoms with Crippen LogP contribution in [0.15, 0.2) is 46.6 Å². The Balaban J connectivity index is 2.51. The maximum absolute atomic E-state index is 11.2. The Morgan fingerprint density at radius 2 is 1.14 bits per heavy atom. The molecule has 0 aromatic heterocycles. The summed E-state index contributed by atoms with van der Waals surface area (Å²) in [6, 6.07) is 8.66. The number of rotatable bonds is 4. The molecule has 8 heteroatoms. The molecule has 0 aliphatic carbocycles. The zero-order chi connectivity index (χ0) is 16.3. The third kappa shape index (κ3) is 3.24. The van der Waals surface area contributed by atoms with Crippen molar-refractivity contribution in [3.05, 3.63) is 57.6 Å². The number of azo groups is 1. The highest BCUT2D eigenvalue weighted by Gasteiger charge is 2.16. The molecule has 0 saturated heterocycles. The minimum atomic E-state index is -1.26. The van der Waals surface area contributed by atoms with Crippen LogP contribution in [0, 0.1) is 0 Å². The predicted molar refractivity (Wildman–Crippen MR) is 81.0 cm³/mol. The van der Waals surface area contributed by atoms with Crippen molar-refractivity contribution in [2.75, 3.05) is 0 Å². The summed E-state index contributed by atoms with van der Waals surface area (Å²) in [6.45, 7) is 0. The molecule has 2 N–H and O–H groups in total. The quantitative estimate of drug-likeness (QED) is 0.781. The maximum Gasteiger partial charge on any atom is 0.339 e. The molecule has 6 nitrogen and oxygen atoms in total. The molecule has 0 heterocycles. The van der Waals surface area contributed by atoms with E-state index in [1.165, 1.54) is 36.4 Å². The number of hydrogen-bond acceptors (Lipinski definition) is 4. The monoisotopic (exact) mass is 338 g/mol. The van der Waals surface area contributed by atoms with Crippen molar-refractivity contribution < 1.29 is 19.8 Å². The molecule has 0 unspecified atom stereocenters. The normalized spacial score (nSPS) is 10.8. The van der Waals surface area contributed by atoms with Gasteiger partial charge in [0.1, 0.15) is 22.5 Å². The number of carboxylic acids is 2. The van der Waals surface area contributed by atoms with Gasteiger partial charge in [0.2, 0.25) is 0 Å². The van der Waals surface area contributed by atoms with Crippen molar-refractivity contribution >= 4 is 46.5 Å². The second-order valence-corrected chi connectivity index (χ2v) is 4.89. The van der Waals surface area contributed by atoms with Gasteiger partial charge in [0.05, 0.1) is 10.0 Å². The van der Waals surface area contributed by atoms with E-state index in [0.29, 0.717) is 0 Å². The van der Waals surface area contributed by atoms with E-state index in [1.54, 1.807) is 0 Å². The van der Waals surface area contributed by atoms with E-state index in [4.69, 9.17) is 33.4 Å².